The molecular formula is C6H10O2. The average molecular weight is 114 g/mol. The summed E-state index contributed by atoms with van der Waals surface area (Å²) in [5.74, 6) is -0.701. The van der Waals surface area contributed by atoms with Crippen molar-refractivity contribution in [1.82, 2.24) is 0 Å². The third kappa shape index (κ3) is 0.327. The Balaban J connectivity index is 2.11. The van der Waals surface area contributed by atoms with Gasteiger partial charge in [-0.1, -0.05) is 6.92 Å². The molecule has 2 heteroatoms. The van der Waals surface area contributed by atoms with E-state index in [4.69, 9.17) is 4.74 Å². The van der Waals surface area contributed by atoms with E-state index in [2.05, 4.69) is 0 Å². The number of epoxide rings is 1. The average Bonchev–Trinajstić information content (AvgIpc) is 2.57. The Morgan fingerprint density at radius 1 is 1.62 bits per heavy atom. The number of hydrogen-bond donors (Lipinski definition) is 1. The van der Waals surface area contributed by atoms with Crippen molar-refractivity contribution in [3.8, 4) is 0 Å². The first-order valence-corrected chi connectivity index (χ1v) is 3.15. The van der Waals surface area contributed by atoms with E-state index in [0.717, 1.165) is 19.3 Å². The van der Waals surface area contributed by atoms with Gasteiger partial charge in [0, 0.05) is 6.42 Å². The van der Waals surface area contributed by atoms with Gasteiger partial charge >= 0.3 is 0 Å². The molecule has 1 atom stereocenters. The third-order valence-corrected chi connectivity index (χ3v) is 2.22. The molecule has 8 heavy (non-hydrogen) atoms. The largest absolute Gasteiger partial charge is 0.363 e. The van der Waals surface area contributed by atoms with Gasteiger partial charge in [-0.05, 0) is 12.8 Å². The lowest BCUT2D eigenvalue weighted by Crippen LogP contribution is -2.11. The van der Waals surface area contributed by atoms with E-state index in [9.17, 15) is 5.11 Å². The molecule has 1 spiro atoms. The lowest BCUT2D eigenvalue weighted by molar-refractivity contribution is 0.0332. The topological polar surface area (TPSA) is 32.8 Å². The van der Waals surface area contributed by atoms with Crippen LogP contribution in [-0.2, 0) is 4.74 Å². The van der Waals surface area contributed by atoms with Gasteiger partial charge in [-0.2, -0.15) is 0 Å². The molecule has 1 N–H and O–H groups in total. The van der Waals surface area contributed by atoms with Crippen LogP contribution in [0.1, 0.15) is 26.2 Å². The zero-order valence-electron chi connectivity index (χ0n) is 4.98. The first kappa shape index (κ1) is 4.77. The van der Waals surface area contributed by atoms with Crippen LogP contribution in [0.5, 0.6) is 0 Å². The number of ether oxygens (including phenoxy) is 1. The molecule has 2 fully saturated rings. The standard InChI is InChI=1S/C6H10O2/c1-2-6(7)5(8-6)3-4-5/h7H,2-4H2,1H3. The lowest BCUT2D eigenvalue weighted by Gasteiger charge is -1.95. The van der Waals surface area contributed by atoms with Crippen LogP contribution >= 0.6 is 0 Å². The summed E-state index contributed by atoms with van der Waals surface area (Å²) in [6, 6.07) is 0. The van der Waals surface area contributed by atoms with E-state index >= 15 is 0 Å². The van der Waals surface area contributed by atoms with Crippen molar-refractivity contribution in [2.45, 2.75) is 37.6 Å². The van der Waals surface area contributed by atoms with E-state index in [1.807, 2.05) is 6.92 Å². The van der Waals surface area contributed by atoms with Crippen molar-refractivity contribution < 1.29 is 9.84 Å². The van der Waals surface area contributed by atoms with Crippen LogP contribution in [-0.4, -0.2) is 16.5 Å². The monoisotopic (exact) mass is 114 g/mol. The molecule has 1 unspecified atom stereocenters. The van der Waals surface area contributed by atoms with Gasteiger partial charge in [0.1, 0.15) is 5.60 Å². The van der Waals surface area contributed by atoms with Crippen molar-refractivity contribution in [2.24, 2.45) is 0 Å². The predicted octanol–water partition coefficient (Wildman–Crippen LogP) is 0.648. The Bertz CT molecular complexity index is 128. The molecule has 1 aliphatic carbocycles. The van der Waals surface area contributed by atoms with Gasteiger partial charge in [0.25, 0.3) is 0 Å². The van der Waals surface area contributed by atoms with E-state index in [-0.39, 0.29) is 5.60 Å². The molecule has 2 nitrogen and oxygen atoms in total. The summed E-state index contributed by atoms with van der Waals surface area (Å²) >= 11 is 0. The second-order valence-corrected chi connectivity index (χ2v) is 2.73. The van der Waals surface area contributed by atoms with Crippen LogP contribution in [0.4, 0.5) is 0 Å². The summed E-state index contributed by atoms with van der Waals surface area (Å²) in [5, 5.41) is 9.31. The van der Waals surface area contributed by atoms with Gasteiger partial charge in [-0.15, -0.1) is 0 Å². The zero-order valence-corrected chi connectivity index (χ0v) is 4.98. The summed E-state index contributed by atoms with van der Waals surface area (Å²) < 4.78 is 5.11. The molecular weight excluding hydrogens is 104 g/mol. The molecule has 2 aliphatic rings. The summed E-state index contributed by atoms with van der Waals surface area (Å²) in [4.78, 5) is 0. The number of aliphatic hydroxyl groups is 1. The second-order valence-electron chi connectivity index (χ2n) is 2.73. The van der Waals surface area contributed by atoms with Crippen molar-refractivity contribution >= 4 is 0 Å². The third-order valence-electron chi connectivity index (χ3n) is 2.22. The molecule has 1 saturated carbocycles. The van der Waals surface area contributed by atoms with E-state index < -0.39 is 5.79 Å². The quantitative estimate of drug-likeness (QED) is 0.507. The highest BCUT2D eigenvalue weighted by Crippen LogP contribution is 2.64. The minimum atomic E-state index is -0.701. The van der Waals surface area contributed by atoms with Crippen molar-refractivity contribution in [3.63, 3.8) is 0 Å². The zero-order chi connectivity index (χ0) is 5.83. The summed E-state index contributed by atoms with van der Waals surface area (Å²) in [5.41, 5.74) is -0.0399. The molecule has 0 amide bonds. The molecule has 2 rings (SSSR count). The minimum Gasteiger partial charge on any atom is -0.363 e. The van der Waals surface area contributed by atoms with E-state index in [0.29, 0.717) is 0 Å². The van der Waals surface area contributed by atoms with Crippen molar-refractivity contribution in [1.29, 1.82) is 0 Å². The SMILES string of the molecule is CCC1(O)OC12CC2. The fourth-order valence-electron chi connectivity index (χ4n) is 1.30. The highest BCUT2D eigenvalue weighted by Gasteiger charge is 2.76. The first-order chi connectivity index (χ1) is 3.72. The van der Waals surface area contributed by atoms with Crippen molar-refractivity contribution in [3.05, 3.63) is 0 Å². The maximum Gasteiger partial charge on any atom is 0.195 e. The molecule has 0 radical (unpaired) electrons. The Morgan fingerprint density at radius 2 is 2.25 bits per heavy atom. The fraction of sp³-hybridized carbons (Fsp3) is 1.00. The second kappa shape index (κ2) is 0.957. The van der Waals surface area contributed by atoms with Gasteiger partial charge in [0.15, 0.2) is 5.79 Å². The maximum atomic E-state index is 9.31. The molecule has 1 aliphatic heterocycles. The molecule has 1 saturated heterocycles. The Labute approximate surface area is 48.5 Å². The van der Waals surface area contributed by atoms with Crippen LogP contribution in [0.3, 0.4) is 0 Å². The Morgan fingerprint density at radius 3 is 2.38 bits per heavy atom. The van der Waals surface area contributed by atoms with Gasteiger partial charge < -0.3 is 9.84 Å². The van der Waals surface area contributed by atoms with Crippen LogP contribution < -0.4 is 0 Å². The summed E-state index contributed by atoms with van der Waals surface area (Å²) in [7, 11) is 0. The van der Waals surface area contributed by atoms with Crippen LogP contribution in [0.15, 0.2) is 0 Å². The highest BCUT2D eigenvalue weighted by atomic mass is 16.8. The van der Waals surface area contributed by atoms with Crippen LogP contribution in [0, 0.1) is 0 Å². The van der Waals surface area contributed by atoms with E-state index in [1.165, 1.54) is 0 Å². The molecule has 1 heterocycles. The lowest BCUT2D eigenvalue weighted by atomic mass is 10.2. The van der Waals surface area contributed by atoms with Crippen molar-refractivity contribution in [2.75, 3.05) is 0 Å². The molecule has 46 valence electrons. The van der Waals surface area contributed by atoms with Gasteiger partial charge in [-0.25, -0.2) is 0 Å². The normalized spacial score (nSPS) is 47.2. The minimum absolute atomic E-state index is 0.0399. The molecule has 0 aromatic rings. The number of hydrogen-bond acceptors (Lipinski definition) is 2. The molecule has 0 aromatic carbocycles. The first-order valence-electron chi connectivity index (χ1n) is 3.15. The maximum absolute atomic E-state index is 9.31. The highest BCUT2D eigenvalue weighted by molar-refractivity contribution is 5.18. The Kier molecular flexibility index (Phi) is 0.570. The number of rotatable bonds is 1. The smallest absolute Gasteiger partial charge is 0.195 e. The summed E-state index contributed by atoms with van der Waals surface area (Å²) in [6.45, 7) is 1.95. The van der Waals surface area contributed by atoms with Gasteiger partial charge in [0.05, 0.1) is 0 Å². The Hall–Kier alpha value is -0.0800. The molecule has 0 bridgehead atoms. The fourth-order valence-corrected chi connectivity index (χ4v) is 1.30. The van der Waals surface area contributed by atoms with Crippen LogP contribution in [0.2, 0.25) is 0 Å². The van der Waals surface area contributed by atoms with Gasteiger partial charge in [0.2, 0.25) is 0 Å². The van der Waals surface area contributed by atoms with Gasteiger partial charge in [-0.3, -0.25) is 0 Å². The predicted molar refractivity (Wildman–Crippen MR) is 28.3 cm³/mol. The van der Waals surface area contributed by atoms with Crippen LogP contribution in [0.25, 0.3) is 0 Å². The molecule has 0 aromatic heterocycles. The summed E-state index contributed by atoms with van der Waals surface area (Å²) in [6.07, 6.45) is 2.88. The van der Waals surface area contributed by atoms with E-state index in [1.54, 1.807) is 0 Å².